The molecule has 2 aromatic rings. The SMILES string of the molecule is CO[C@H]1/C=C/O[C@@]2(C)Oc3c(C)c(O)c4c(O)c(c(/C=N/N5CCOCC5)c(O)c4c3C2=O)NC(=O)/C(C)=C\C=C\[C@H](C)[C@H](O)[C@@H](C)[C@@H](O)[C@@H](C)[C@H](O)[C@@H]1C. The number of ketones is 1. The topological polar surface area (TPSA) is 220 Å². The number of methoxy groups -OCH3 is 1. The molecule has 15 nitrogen and oxygen atoms in total. The molecule has 15 heteroatoms. The van der Waals surface area contributed by atoms with Crippen molar-refractivity contribution in [3.8, 4) is 23.0 Å². The second kappa shape index (κ2) is 16.6. The number of morpholine rings is 1. The number of aromatic hydroxyl groups is 3. The average molecular weight is 768 g/mol. The fourth-order valence-corrected chi connectivity index (χ4v) is 7.29. The molecule has 2 aromatic carbocycles. The van der Waals surface area contributed by atoms with Gasteiger partial charge in [-0.15, -0.1) is 0 Å². The molecule has 0 saturated carbocycles. The third kappa shape index (κ3) is 7.89. The van der Waals surface area contributed by atoms with E-state index in [1.807, 2.05) is 0 Å². The number of ether oxygens (including phenoxy) is 4. The molecule has 6 rings (SSSR count). The van der Waals surface area contributed by atoms with Crippen molar-refractivity contribution in [1.29, 1.82) is 0 Å². The molecule has 0 aliphatic carbocycles. The Kier molecular flexibility index (Phi) is 12.5. The third-order valence-corrected chi connectivity index (χ3v) is 11.1. The number of nitrogens with zero attached hydrogens (tertiary/aromatic N) is 2. The highest BCUT2D eigenvalue weighted by Gasteiger charge is 2.50. The number of anilines is 1. The van der Waals surface area contributed by atoms with Gasteiger partial charge in [0.15, 0.2) is 5.75 Å². The first-order valence-electron chi connectivity index (χ1n) is 18.4. The van der Waals surface area contributed by atoms with Crippen LogP contribution in [0.25, 0.3) is 10.8 Å². The predicted molar refractivity (Wildman–Crippen MR) is 204 cm³/mol. The number of phenols is 3. The number of phenolic OH excluding ortho intramolecular Hbond substituents is 3. The summed E-state index contributed by atoms with van der Waals surface area (Å²) >= 11 is 0. The van der Waals surface area contributed by atoms with Gasteiger partial charge in [0.05, 0.1) is 85.4 Å². The minimum Gasteiger partial charge on any atom is -0.507 e. The molecule has 9 atom stereocenters. The van der Waals surface area contributed by atoms with Crippen LogP contribution in [0.2, 0.25) is 0 Å². The van der Waals surface area contributed by atoms with Crippen molar-refractivity contribution < 1.29 is 59.2 Å². The number of benzene rings is 2. The van der Waals surface area contributed by atoms with Crippen molar-refractivity contribution >= 4 is 34.4 Å². The lowest BCUT2D eigenvalue weighted by molar-refractivity contribution is -0.112. The number of amides is 1. The number of allylic oxidation sites excluding steroid dienone is 2. The summed E-state index contributed by atoms with van der Waals surface area (Å²) in [6, 6.07) is 0. The molecule has 4 heterocycles. The molecule has 0 spiro atoms. The van der Waals surface area contributed by atoms with Crippen LogP contribution in [-0.2, 0) is 19.0 Å². The Morgan fingerprint density at radius 1 is 0.909 bits per heavy atom. The molecule has 1 saturated heterocycles. The number of carbonyl (C=O) groups is 2. The number of hydrogen-bond acceptors (Lipinski definition) is 14. The van der Waals surface area contributed by atoms with E-state index in [4.69, 9.17) is 18.9 Å². The number of rotatable bonds is 3. The average Bonchev–Trinajstić information content (AvgIpc) is 3.44. The number of aliphatic hydroxyl groups excluding tert-OH is 3. The van der Waals surface area contributed by atoms with E-state index in [9.17, 15) is 40.2 Å². The van der Waals surface area contributed by atoms with E-state index in [1.165, 1.54) is 52.5 Å². The molecule has 300 valence electrons. The van der Waals surface area contributed by atoms with Crippen LogP contribution in [0, 0.1) is 30.6 Å². The van der Waals surface area contributed by atoms with Crippen LogP contribution < -0.4 is 10.1 Å². The molecule has 0 radical (unpaired) electrons. The number of fused-ring (bicyclic) bond motifs is 14. The largest absolute Gasteiger partial charge is 0.507 e. The maximum atomic E-state index is 14.3. The lowest BCUT2D eigenvalue weighted by Gasteiger charge is -2.36. The van der Waals surface area contributed by atoms with Gasteiger partial charge in [0.2, 0.25) is 0 Å². The summed E-state index contributed by atoms with van der Waals surface area (Å²) in [5, 5.41) is 77.2. The van der Waals surface area contributed by atoms with E-state index >= 15 is 0 Å². The Morgan fingerprint density at radius 2 is 1.55 bits per heavy atom. The molecule has 55 heavy (non-hydrogen) atoms. The van der Waals surface area contributed by atoms with Crippen LogP contribution in [0.5, 0.6) is 23.0 Å². The van der Waals surface area contributed by atoms with Crippen LogP contribution >= 0.6 is 0 Å². The van der Waals surface area contributed by atoms with E-state index in [1.54, 1.807) is 44.9 Å². The summed E-state index contributed by atoms with van der Waals surface area (Å²) in [4.78, 5) is 27.9. The van der Waals surface area contributed by atoms with E-state index in [2.05, 4.69) is 10.4 Å². The van der Waals surface area contributed by atoms with Gasteiger partial charge in [-0.25, -0.2) is 0 Å². The normalized spacial score (nSPS) is 33.3. The first kappa shape index (κ1) is 41.5. The van der Waals surface area contributed by atoms with Gasteiger partial charge in [0, 0.05) is 54.2 Å². The van der Waals surface area contributed by atoms with Gasteiger partial charge in [0.25, 0.3) is 11.7 Å². The zero-order valence-corrected chi connectivity index (χ0v) is 32.4. The fraction of sp³-hybridized carbons (Fsp3) is 0.525. The van der Waals surface area contributed by atoms with Gasteiger partial charge in [-0.2, -0.15) is 5.10 Å². The summed E-state index contributed by atoms with van der Waals surface area (Å²) in [6.45, 7) is 12.9. The van der Waals surface area contributed by atoms with E-state index < -0.39 is 82.8 Å². The standard InChI is InChI=1S/C40H53N3O12/c1-19-10-9-11-20(2)39(51)42-30-25(18-41-43-13-16-53-17-14-43)35(48)27-28(36(30)49)34(47)24(6)37-29(27)38(50)40(7,55-37)54-15-12-26(52-8)21(3)32(45)23(5)33(46)22(4)31(19)44/h9-12,15,18-19,21-23,26,31-33,44-49H,13-14,16-17H2,1-8H3,(H,42,51)/b10-9+,15-12+,20-11-,41-18+/t19-,21+,22+,23-,26-,31-,32+,33+,40-/m0/s1. The molecule has 0 aromatic heterocycles. The van der Waals surface area contributed by atoms with Crippen molar-refractivity contribution in [2.24, 2.45) is 28.8 Å². The zero-order valence-electron chi connectivity index (χ0n) is 32.4. The monoisotopic (exact) mass is 767 g/mol. The Labute approximate surface area is 320 Å². The third-order valence-electron chi connectivity index (χ3n) is 11.1. The van der Waals surface area contributed by atoms with Crippen molar-refractivity contribution in [2.75, 3.05) is 38.7 Å². The van der Waals surface area contributed by atoms with Gasteiger partial charge in [0.1, 0.15) is 17.2 Å². The van der Waals surface area contributed by atoms with Crippen molar-refractivity contribution in [3.05, 3.63) is 52.8 Å². The fourth-order valence-electron chi connectivity index (χ4n) is 7.29. The van der Waals surface area contributed by atoms with E-state index in [0.717, 1.165) is 0 Å². The number of aliphatic hydroxyl groups is 3. The molecule has 7 N–H and O–H groups in total. The molecule has 1 fully saturated rings. The quantitative estimate of drug-likeness (QED) is 0.134. The Hall–Kier alpha value is -4.67. The molecular weight excluding hydrogens is 714 g/mol. The number of hydrogen-bond donors (Lipinski definition) is 7. The maximum absolute atomic E-state index is 14.3. The van der Waals surface area contributed by atoms with Crippen LogP contribution in [-0.4, -0.2) is 117 Å². The first-order valence-corrected chi connectivity index (χ1v) is 18.4. The van der Waals surface area contributed by atoms with Crippen molar-refractivity contribution in [3.63, 3.8) is 0 Å². The summed E-state index contributed by atoms with van der Waals surface area (Å²) in [5.74, 6) is -7.68. The number of carbonyl (C=O) groups excluding carboxylic acids is 2. The smallest absolute Gasteiger partial charge is 0.312 e. The molecule has 1 amide bonds. The zero-order chi connectivity index (χ0) is 40.5. The van der Waals surface area contributed by atoms with Crippen LogP contribution in [0.3, 0.4) is 0 Å². The van der Waals surface area contributed by atoms with Gasteiger partial charge in [-0.1, -0.05) is 45.9 Å². The molecule has 5 bridgehead atoms. The Morgan fingerprint density at radius 3 is 2.20 bits per heavy atom. The number of Topliss-reactive ketones (excluding diaryl/α,β-unsaturated/α-hetero) is 1. The van der Waals surface area contributed by atoms with E-state index in [-0.39, 0.29) is 44.5 Å². The van der Waals surface area contributed by atoms with Crippen molar-refractivity contribution in [1.82, 2.24) is 5.01 Å². The lowest BCUT2D eigenvalue weighted by atomic mass is 9.78. The summed E-state index contributed by atoms with van der Waals surface area (Å²) < 4.78 is 23.0. The minimum atomic E-state index is -2.02. The molecular formula is C40H53N3O12. The minimum absolute atomic E-state index is 0.0604. The highest BCUT2D eigenvalue weighted by molar-refractivity contribution is 6.23. The second-order valence-electron chi connectivity index (χ2n) is 14.8. The summed E-state index contributed by atoms with van der Waals surface area (Å²) in [6.07, 6.45) is 4.70. The lowest BCUT2D eigenvalue weighted by Crippen LogP contribution is -2.44. The maximum Gasteiger partial charge on any atom is 0.312 e. The summed E-state index contributed by atoms with van der Waals surface area (Å²) in [5.41, 5.74) is -0.366. The van der Waals surface area contributed by atoms with Gasteiger partial charge in [-0.05, 0) is 19.9 Å². The second-order valence-corrected chi connectivity index (χ2v) is 14.8. The molecule has 4 aliphatic heterocycles. The Balaban J connectivity index is 1.70. The molecule has 0 unspecified atom stereocenters. The van der Waals surface area contributed by atoms with Crippen LogP contribution in [0.15, 0.2) is 41.2 Å². The van der Waals surface area contributed by atoms with Gasteiger partial charge >= 0.3 is 5.79 Å². The molecule has 4 aliphatic rings. The highest BCUT2D eigenvalue weighted by atomic mass is 16.7. The number of hydrazone groups is 1. The first-order chi connectivity index (χ1) is 25.9. The van der Waals surface area contributed by atoms with E-state index in [0.29, 0.717) is 26.3 Å². The van der Waals surface area contributed by atoms with Crippen LogP contribution in [0.1, 0.15) is 63.0 Å². The summed E-state index contributed by atoms with van der Waals surface area (Å²) in [7, 11) is 1.43. The van der Waals surface area contributed by atoms with Crippen molar-refractivity contribution in [2.45, 2.75) is 78.7 Å². The predicted octanol–water partition coefficient (Wildman–Crippen LogP) is 3.85. The number of nitrogens with one attached hydrogen (secondary N) is 1. The Bertz CT molecular complexity index is 1920. The van der Waals surface area contributed by atoms with Gasteiger partial charge in [-0.3, -0.25) is 14.6 Å². The highest BCUT2D eigenvalue weighted by Crippen LogP contribution is 2.55. The van der Waals surface area contributed by atoms with Gasteiger partial charge < -0.3 is 54.9 Å². The van der Waals surface area contributed by atoms with Crippen LogP contribution in [0.4, 0.5) is 5.69 Å².